The summed E-state index contributed by atoms with van der Waals surface area (Å²) < 4.78 is 38.2. The Labute approximate surface area is 115 Å². The third-order valence-electron chi connectivity index (χ3n) is 2.38. The van der Waals surface area contributed by atoms with Crippen molar-refractivity contribution in [1.29, 1.82) is 0 Å². The van der Waals surface area contributed by atoms with Crippen LogP contribution in [0.15, 0.2) is 24.3 Å². The number of carbonyl (C=O) groups is 1. The van der Waals surface area contributed by atoms with Gasteiger partial charge in [0, 0.05) is 28.6 Å². The van der Waals surface area contributed by atoms with Crippen molar-refractivity contribution in [2.75, 3.05) is 24.9 Å². The van der Waals surface area contributed by atoms with E-state index < -0.39 is 26.6 Å². The normalized spacial score (nSPS) is 12.9. The summed E-state index contributed by atoms with van der Waals surface area (Å²) in [6, 6.07) is 6.55. The van der Waals surface area contributed by atoms with Crippen molar-refractivity contribution in [3.8, 4) is 0 Å². The zero-order chi connectivity index (χ0) is 14.5. The molecule has 1 atom stereocenters. The van der Waals surface area contributed by atoms with Gasteiger partial charge < -0.3 is 4.74 Å². The molecule has 0 saturated heterocycles. The van der Waals surface area contributed by atoms with Crippen LogP contribution in [0.4, 0.5) is 0 Å². The van der Waals surface area contributed by atoms with Crippen LogP contribution in [0.3, 0.4) is 0 Å². The fourth-order valence-electron chi connectivity index (χ4n) is 1.36. The highest BCUT2D eigenvalue weighted by molar-refractivity contribution is 7.92. The maximum Gasteiger partial charge on any atom is 0.337 e. The molecule has 0 saturated carbocycles. The molecule has 0 N–H and O–H groups in total. The second-order valence-corrected chi connectivity index (χ2v) is 7.94. The molecule has 0 heterocycles. The van der Waals surface area contributed by atoms with E-state index in [1.807, 2.05) is 0 Å². The van der Waals surface area contributed by atoms with Crippen molar-refractivity contribution in [2.45, 2.75) is 5.75 Å². The summed E-state index contributed by atoms with van der Waals surface area (Å²) in [4.78, 5) is 11.2. The Kier molecular flexibility index (Phi) is 5.68. The van der Waals surface area contributed by atoms with Crippen LogP contribution in [0.2, 0.25) is 0 Å². The third kappa shape index (κ3) is 5.98. The highest BCUT2D eigenvalue weighted by Crippen LogP contribution is 2.08. The van der Waals surface area contributed by atoms with Gasteiger partial charge in [-0.3, -0.25) is 4.21 Å². The lowest BCUT2D eigenvalue weighted by molar-refractivity contribution is 0.0600. The molecule has 106 valence electrons. The highest BCUT2D eigenvalue weighted by Gasteiger charge is 2.09. The molecule has 1 aromatic rings. The van der Waals surface area contributed by atoms with E-state index in [2.05, 4.69) is 4.74 Å². The number of benzene rings is 1. The van der Waals surface area contributed by atoms with Gasteiger partial charge in [-0.2, -0.15) is 0 Å². The molecule has 0 amide bonds. The molecular weight excluding hydrogens is 288 g/mol. The van der Waals surface area contributed by atoms with Gasteiger partial charge in [-0.25, -0.2) is 13.2 Å². The molecule has 5 nitrogen and oxygen atoms in total. The Morgan fingerprint density at radius 1 is 1.26 bits per heavy atom. The summed E-state index contributed by atoms with van der Waals surface area (Å²) in [7, 11) is -3.02. The Morgan fingerprint density at radius 2 is 1.84 bits per heavy atom. The van der Waals surface area contributed by atoms with Crippen molar-refractivity contribution >= 4 is 26.6 Å². The lowest BCUT2D eigenvalue weighted by atomic mass is 10.1. The van der Waals surface area contributed by atoms with Crippen LogP contribution in [-0.2, 0) is 31.1 Å². The molecule has 0 aliphatic heterocycles. The first-order chi connectivity index (χ1) is 8.81. The number of hydrogen-bond donors (Lipinski definition) is 0. The van der Waals surface area contributed by atoms with Crippen LogP contribution >= 0.6 is 0 Å². The number of methoxy groups -OCH3 is 1. The topological polar surface area (TPSA) is 77.5 Å². The SMILES string of the molecule is COC(=O)c1ccc(CS(=O)CCS(C)(=O)=O)cc1. The van der Waals surface area contributed by atoms with Gasteiger partial charge >= 0.3 is 5.97 Å². The second-order valence-electron chi connectivity index (χ2n) is 4.11. The summed E-state index contributed by atoms with van der Waals surface area (Å²) in [5.41, 5.74) is 1.22. The van der Waals surface area contributed by atoms with E-state index in [1.165, 1.54) is 7.11 Å². The average Bonchev–Trinajstić information content (AvgIpc) is 2.35. The molecule has 0 fully saturated rings. The molecule has 7 heteroatoms. The molecule has 0 radical (unpaired) electrons. The first kappa shape index (κ1) is 15.8. The summed E-state index contributed by atoms with van der Waals surface area (Å²) >= 11 is 0. The Balaban J connectivity index is 2.58. The van der Waals surface area contributed by atoms with Crippen LogP contribution < -0.4 is 0 Å². The minimum atomic E-state index is -3.09. The minimum absolute atomic E-state index is 0.0835. The zero-order valence-electron chi connectivity index (χ0n) is 10.8. The summed E-state index contributed by atoms with van der Waals surface area (Å²) in [5.74, 6) is -0.112. The highest BCUT2D eigenvalue weighted by atomic mass is 32.2. The first-order valence-electron chi connectivity index (χ1n) is 5.52. The summed E-state index contributed by atoms with van der Waals surface area (Å²) in [6.07, 6.45) is 1.12. The van der Waals surface area contributed by atoms with Crippen LogP contribution in [0, 0.1) is 0 Å². The predicted octanol–water partition coefficient (Wildman–Crippen LogP) is 0.766. The van der Waals surface area contributed by atoms with Crippen molar-refractivity contribution < 1.29 is 22.2 Å². The fraction of sp³-hybridized carbons (Fsp3) is 0.417. The molecule has 1 unspecified atom stereocenters. The van der Waals surface area contributed by atoms with Gasteiger partial charge in [-0.15, -0.1) is 0 Å². The molecule has 0 aliphatic rings. The minimum Gasteiger partial charge on any atom is -0.465 e. The molecule has 0 aromatic heterocycles. The van der Waals surface area contributed by atoms with Gasteiger partial charge in [-0.05, 0) is 17.7 Å². The standard InChI is InChI=1S/C12H16O5S2/c1-17-12(13)11-5-3-10(4-6-11)9-18(14)7-8-19(2,15)16/h3-6H,7-9H2,1-2H3. The largest absolute Gasteiger partial charge is 0.465 e. The third-order valence-corrected chi connectivity index (χ3v) is 4.90. The monoisotopic (exact) mass is 304 g/mol. The fourth-order valence-corrected chi connectivity index (χ4v) is 4.02. The van der Waals surface area contributed by atoms with E-state index in [0.717, 1.165) is 11.8 Å². The molecule has 19 heavy (non-hydrogen) atoms. The average molecular weight is 304 g/mol. The van der Waals surface area contributed by atoms with E-state index >= 15 is 0 Å². The molecular formula is C12H16O5S2. The molecule has 0 bridgehead atoms. The number of sulfone groups is 1. The Bertz CT molecular complexity index is 560. The number of ether oxygens (including phenoxy) is 1. The maximum atomic E-state index is 11.7. The van der Waals surface area contributed by atoms with Crippen LogP contribution in [0.5, 0.6) is 0 Å². The molecule has 0 spiro atoms. The van der Waals surface area contributed by atoms with Crippen LogP contribution in [0.1, 0.15) is 15.9 Å². The van der Waals surface area contributed by atoms with Gasteiger partial charge in [0.2, 0.25) is 0 Å². The van der Waals surface area contributed by atoms with E-state index in [1.54, 1.807) is 24.3 Å². The van der Waals surface area contributed by atoms with E-state index in [4.69, 9.17) is 0 Å². The second kappa shape index (κ2) is 6.81. The first-order valence-corrected chi connectivity index (χ1v) is 9.06. The van der Waals surface area contributed by atoms with E-state index in [9.17, 15) is 17.4 Å². The van der Waals surface area contributed by atoms with Crippen molar-refractivity contribution in [2.24, 2.45) is 0 Å². The summed E-state index contributed by atoms with van der Waals surface area (Å²) in [6.45, 7) is 0. The lowest BCUT2D eigenvalue weighted by Gasteiger charge is -2.03. The van der Waals surface area contributed by atoms with Crippen LogP contribution in [0.25, 0.3) is 0 Å². The summed E-state index contributed by atoms with van der Waals surface area (Å²) in [5, 5.41) is 0. The predicted molar refractivity (Wildman–Crippen MR) is 74.2 cm³/mol. The lowest BCUT2D eigenvalue weighted by Crippen LogP contribution is -2.12. The molecule has 0 aliphatic carbocycles. The van der Waals surface area contributed by atoms with E-state index in [-0.39, 0.29) is 17.3 Å². The zero-order valence-corrected chi connectivity index (χ0v) is 12.4. The van der Waals surface area contributed by atoms with E-state index in [0.29, 0.717) is 5.56 Å². The number of rotatable bonds is 6. The van der Waals surface area contributed by atoms with Gasteiger partial charge in [-0.1, -0.05) is 12.1 Å². The van der Waals surface area contributed by atoms with Crippen LogP contribution in [-0.4, -0.2) is 43.5 Å². The van der Waals surface area contributed by atoms with Gasteiger partial charge in [0.25, 0.3) is 0 Å². The Hall–Kier alpha value is -1.21. The Morgan fingerprint density at radius 3 is 2.32 bits per heavy atom. The number of carbonyl (C=O) groups excluding carboxylic acids is 1. The van der Waals surface area contributed by atoms with Crippen molar-refractivity contribution in [1.82, 2.24) is 0 Å². The van der Waals surface area contributed by atoms with Gasteiger partial charge in [0.1, 0.15) is 9.84 Å². The molecule has 1 rings (SSSR count). The smallest absolute Gasteiger partial charge is 0.337 e. The van der Waals surface area contributed by atoms with Gasteiger partial charge in [0.15, 0.2) is 0 Å². The van der Waals surface area contributed by atoms with Crippen molar-refractivity contribution in [3.63, 3.8) is 0 Å². The van der Waals surface area contributed by atoms with Gasteiger partial charge in [0.05, 0.1) is 18.4 Å². The maximum absolute atomic E-state index is 11.7. The number of hydrogen-bond acceptors (Lipinski definition) is 5. The number of esters is 1. The quantitative estimate of drug-likeness (QED) is 0.725. The molecule has 1 aromatic carbocycles. The van der Waals surface area contributed by atoms with Crippen molar-refractivity contribution in [3.05, 3.63) is 35.4 Å².